The van der Waals surface area contributed by atoms with Gasteiger partial charge in [0.05, 0.1) is 26.0 Å². The van der Waals surface area contributed by atoms with Gasteiger partial charge in [0.2, 0.25) is 0 Å². The molecule has 6 nitrogen and oxygen atoms in total. The van der Waals surface area contributed by atoms with E-state index in [2.05, 4.69) is 10.3 Å². The molecular weight excluding hydrogens is 444 g/mol. The summed E-state index contributed by atoms with van der Waals surface area (Å²) in [7, 11) is 1.21. The normalized spacial score (nSPS) is 16.2. The molecule has 1 aromatic heterocycles. The zero-order valence-electron chi connectivity index (χ0n) is 17.8. The van der Waals surface area contributed by atoms with E-state index in [0.29, 0.717) is 24.5 Å². The predicted octanol–water partition coefficient (Wildman–Crippen LogP) is 5.37. The number of esters is 1. The maximum Gasteiger partial charge on any atom is 0.422 e. The van der Waals surface area contributed by atoms with Gasteiger partial charge in [-0.25, -0.2) is 14.2 Å². The Morgan fingerprint density at radius 1 is 1.27 bits per heavy atom. The lowest BCUT2D eigenvalue weighted by molar-refractivity contribution is -0.153. The van der Waals surface area contributed by atoms with E-state index in [1.165, 1.54) is 7.11 Å². The number of hydrogen-bond acceptors (Lipinski definition) is 6. The lowest BCUT2D eigenvalue weighted by Gasteiger charge is -2.22. The highest BCUT2D eigenvalue weighted by molar-refractivity contribution is 5.96. The van der Waals surface area contributed by atoms with Gasteiger partial charge in [-0.15, -0.1) is 0 Å². The molecule has 1 fully saturated rings. The van der Waals surface area contributed by atoms with Gasteiger partial charge in [-0.2, -0.15) is 13.2 Å². The number of anilines is 2. The standard InChI is InChI=1S/C23H22F4N2O4/c1-31-22(30)18-8-15(13-2-3-13)11-28-21(18)29-19-10-16(24)9-17(14-4-6-32-7-5-14)20(19)33-12-23(25,26)27/h4,8-11,13H,2-3,5-7,12H2,1H3,(H,28,29). The molecular formula is C23H22F4N2O4. The first-order chi connectivity index (χ1) is 15.7. The van der Waals surface area contributed by atoms with E-state index in [0.717, 1.165) is 30.5 Å². The van der Waals surface area contributed by atoms with Crippen LogP contribution in [0.15, 0.2) is 30.5 Å². The van der Waals surface area contributed by atoms with Gasteiger partial charge in [0.25, 0.3) is 0 Å². The Balaban J connectivity index is 1.77. The van der Waals surface area contributed by atoms with Crippen molar-refractivity contribution in [3.8, 4) is 5.75 Å². The minimum Gasteiger partial charge on any atom is -0.481 e. The third-order valence-corrected chi connectivity index (χ3v) is 5.36. The fraction of sp³-hybridized carbons (Fsp3) is 0.391. The third-order valence-electron chi connectivity index (χ3n) is 5.36. The van der Waals surface area contributed by atoms with Crippen molar-refractivity contribution >= 4 is 23.0 Å². The average molecular weight is 466 g/mol. The molecule has 1 saturated carbocycles. The molecule has 1 aliphatic heterocycles. The van der Waals surface area contributed by atoms with Gasteiger partial charge >= 0.3 is 12.1 Å². The van der Waals surface area contributed by atoms with Crippen LogP contribution in [0.5, 0.6) is 5.75 Å². The second-order valence-electron chi connectivity index (χ2n) is 7.84. The summed E-state index contributed by atoms with van der Waals surface area (Å²) >= 11 is 0. The number of hydrogen-bond donors (Lipinski definition) is 1. The first-order valence-corrected chi connectivity index (χ1v) is 10.4. The summed E-state index contributed by atoms with van der Waals surface area (Å²) in [5.41, 5.74) is 1.66. The predicted molar refractivity (Wildman–Crippen MR) is 112 cm³/mol. The van der Waals surface area contributed by atoms with Crippen molar-refractivity contribution in [3.05, 3.63) is 53.0 Å². The molecule has 1 N–H and O–H groups in total. The summed E-state index contributed by atoms with van der Waals surface area (Å²) in [6.07, 6.45) is 1.00. The van der Waals surface area contributed by atoms with Crippen LogP contribution in [-0.2, 0) is 9.47 Å². The van der Waals surface area contributed by atoms with Crippen molar-refractivity contribution in [3.63, 3.8) is 0 Å². The zero-order valence-corrected chi connectivity index (χ0v) is 17.8. The number of alkyl halides is 3. The van der Waals surface area contributed by atoms with Gasteiger partial charge in [0.15, 0.2) is 12.4 Å². The van der Waals surface area contributed by atoms with Gasteiger partial charge in [-0.05, 0) is 48.4 Å². The van der Waals surface area contributed by atoms with E-state index in [-0.39, 0.29) is 35.0 Å². The Morgan fingerprint density at radius 3 is 2.70 bits per heavy atom. The van der Waals surface area contributed by atoms with E-state index in [4.69, 9.17) is 14.2 Å². The van der Waals surface area contributed by atoms with E-state index in [1.807, 2.05) is 0 Å². The number of rotatable bonds is 7. The van der Waals surface area contributed by atoms with Crippen LogP contribution in [0.2, 0.25) is 0 Å². The Kier molecular flexibility index (Phi) is 6.55. The SMILES string of the molecule is COC(=O)c1cc(C2CC2)cnc1Nc1cc(F)cc(C2=CCOCC2)c1OCC(F)(F)F. The van der Waals surface area contributed by atoms with E-state index in [9.17, 15) is 22.4 Å². The first kappa shape index (κ1) is 23.0. The van der Waals surface area contributed by atoms with Crippen LogP contribution in [0, 0.1) is 5.82 Å². The van der Waals surface area contributed by atoms with Crippen LogP contribution in [-0.4, -0.2) is 44.1 Å². The van der Waals surface area contributed by atoms with Crippen molar-refractivity contribution in [1.82, 2.24) is 4.98 Å². The number of nitrogens with zero attached hydrogens (tertiary/aromatic N) is 1. The first-order valence-electron chi connectivity index (χ1n) is 10.4. The molecule has 0 amide bonds. The van der Waals surface area contributed by atoms with Crippen LogP contribution in [0.1, 0.15) is 46.7 Å². The Morgan fingerprint density at radius 2 is 2.06 bits per heavy atom. The van der Waals surface area contributed by atoms with Crippen molar-refractivity contribution in [2.45, 2.75) is 31.4 Å². The van der Waals surface area contributed by atoms with Gasteiger partial charge in [-0.1, -0.05) is 6.08 Å². The molecule has 4 rings (SSSR count). The number of ether oxygens (including phenoxy) is 3. The van der Waals surface area contributed by atoms with Gasteiger partial charge in [0.1, 0.15) is 17.2 Å². The second kappa shape index (κ2) is 9.38. The maximum absolute atomic E-state index is 14.6. The minimum atomic E-state index is -4.60. The number of pyridine rings is 1. The number of carbonyl (C=O) groups is 1. The summed E-state index contributed by atoms with van der Waals surface area (Å²) in [6, 6.07) is 3.77. The molecule has 1 aromatic carbocycles. The smallest absolute Gasteiger partial charge is 0.422 e. The molecule has 0 saturated heterocycles. The molecule has 2 aromatic rings. The van der Waals surface area contributed by atoms with Crippen molar-refractivity contribution in [1.29, 1.82) is 0 Å². The van der Waals surface area contributed by atoms with Gasteiger partial charge in [-0.3, -0.25) is 0 Å². The van der Waals surface area contributed by atoms with Crippen molar-refractivity contribution in [2.24, 2.45) is 0 Å². The van der Waals surface area contributed by atoms with Crippen LogP contribution in [0.3, 0.4) is 0 Å². The Labute approximate surface area is 187 Å². The maximum atomic E-state index is 14.6. The number of nitrogens with one attached hydrogen (secondary N) is 1. The molecule has 1 aliphatic carbocycles. The topological polar surface area (TPSA) is 69.7 Å². The molecule has 0 unspecified atom stereocenters. The third kappa shape index (κ3) is 5.62. The highest BCUT2D eigenvalue weighted by Crippen LogP contribution is 2.42. The van der Waals surface area contributed by atoms with Crippen LogP contribution >= 0.6 is 0 Å². The van der Waals surface area contributed by atoms with Crippen molar-refractivity contribution < 1.29 is 36.6 Å². The lowest BCUT2D eigenvalue weighted by Crippen LogP contribution is -2.20. The van der Waals surface area contributed by atoms with Crippen LogP contribution in [0.25, 0.3) is 5.57 Å². The molecule has 0 bridgehead atoms. The second-order valence-corrected chi connectivity index (χ2v) is 7.84. The largest absolute Gasteiger partial charge is 0.481 e. The number of carbonyl (C=O) groups excluding carboxylic acids is 1. The quantitative estimate of drug-likeness (QED) is 0.437. The number of halogens is 4. The van der Waals surface area contributed by atoms with E-state index >= 15 is 0 Å². The number of aromatic nitrogens is 1. The molecule has 2 aliphatic rings. The van der Waals surface area contributed by atoms with Crippen LogP contribution in [0.4, 0.5) is 29.1 Å². The van der Waals surface area contributed by atoms with E-state index in [1.54, 1.807) is 18.3 Å². The highest BCUT2D eigenvalue weighted by Gasteiger charge is 2.31. The molecule has 0 spiro atoms. The molecule has 0 atom stereocenters. The van der Waals surface area contributed by atoms with Crippen molar-refractivity contribution in [2.75, 3.05) is 32.2 Å². The molecule has 33 heavy (non-hydrogen) atoms. The summed E-state index contributed by atoms with van der Waals surface area (Å²) in [5.74, 6) is -1.21. The van der Waals surface area contributed by atoms with Gasteiger partial charge < -0.3 is 19.5 Å². The van der Waals surface area contributed by atoms with Crippen LogP contribution < -0.4 is 10.1 Å². The summed E-state index contributed by atoms with van der Waals surface area (Å²) in [5, 5.41) is 2.80. The molecule has 176 valence electrons. The lowest BCUT2D eigenvalue weighted by atomic mass is 9.99. The number of methoxy groups -OCH3 is 1. The Bertz CT molecular complexity index is 1080. The molecule has 0 radical (unpaired) electrons. The summed E-state index contributed by atoms with van der Waals surface area (Å²) in [4.78, 5) is 16.6. The van der Waals surface area contributed by atoms with E-state index < -0.39 is 24.6 Å². The van der Waals surface area contributed by atoms with Gasteiger partial charge in [0, 0.05) is 17.8 Å². The summed E-state index contributed by atoms with van der Waals surface area (Å²) < 4.78 is 68.7. The summed E-state index contributed by atoms with van der Waals surface area (Å²) in [6.45, 7) is -0.966. The highest BCUT2D eigenvalue weighted by atomic mass is 19.4. The minimum absolute atomic E-state index is 0.0283. The Hall–Kier alpha value is -3.14. The molecule has 10 heteroatoms. The fourth-order valence-electron chi connectivity index (χ4n) is 3.62. The monoisotopic (exact) mass is 466 g/mol. The fourth-order valence-corrected chi connectivity index (χ4v) is 3.62. The molecule has 2 heterocycles. The number of benzene rings is 1. The zero-order chi connectivity index (χ0) is 23.6. The average Bonchev–Trinajstić information content (AvgIpc) is 3.63.